The molecule has 216 valence electrons. The third-order valence-corrected chi connectivity index (χ3v) is 27.7. The Bertz CT molecular complexity index is 1460. The van der Waals surface area contributed by atoms with E-state index in [2.05, 4.69) is 135 Å². The average Bonchev–Trinajstić information content (AvgIpc) is 3.56. The highest BCUT2D eigenvalue weighted by atomic mass is 79.9. The van der Waals surface area contributed by atoms with Crippen LogP contribution in [0.25, 0.3) is 19.5 Å². The van der Waals surface area contributed by atoms with E-state index in [1.165, 1.54) is 37.5 Å². The van der Waals surface area contributed by atoms with Gasteiger partial charge in [0.2, 0.25) is 0 Å². The normalized spacial score (nSPS) is 13.8. The van der Waals surface area contributed by atoms with Gasteiger partial charge in [-0.2, -0.15) is 0 Å². The number of hydrogen-bond acceptors (Lipinski definition) is 5. The summed E-state index contributed by atoms with van der Waals surface area (Å²) in [5.41, 5.74) is 1.94. The van der Waals surface area contributed by atoms with Crippen molar-refractivity contribution in [1.82, 2.24) is 0 Å². The summed E-state index contributed by atoms with van der Waals surface area (Å²) >= 11 is 15.2. The second-order valence-electron chi connectivity index (χ2n) is 14.6. The first kappa shape index (κ1) is 33.2. The molecule has 0 spiro atoms. The summed E-state index contributed by atoms with van der Waals surface area (Å²) in [6.45, 7) is 28.5. The minimum Gasteiger partial charge on any atom is -0.289 e. The maximum absolute atomic E-state index is 12.6. The number of rotatable bonds is 5. The van der Waals surface area contributed by atoms with Crippen molar-refractivity contribution in [3.05, 3.63) is 44.3 Å². The third-order valence-electron chi connectivity index (χ3n) is 6.70. The average molecular weight is 805 g/mol. The molecular formula is C29H40Br2OS4Si4. The van der Waals surface area contributed by atoms with E-state index in [4.69, 9.17) is 0 Å². The summed E-state index contributed by atoms with van der Waals surface area (Å²) in [5, 5.41) is 0. The molecule has 11 heteroatoms. The molecule has 0 atom stereocenters. The summed E-state index contributed by atoms with van der Waals surface area (Å²) < 4.78 is 8.53. The Kier molecular flexibility index (Phi) is 9.41. The van der Waals surface area contributed by atoms with E-state index in [0.29, 0.717) is 0 Å². The van der Waals surface area contributed by atoms with Crippen LogP contribution < -0.4 is 18.0 Å². The maximum Gasteiger partial charge on any atom is 0.196 e. The third kappa shape index (κ3) is 6.83. The molecule has 4 aromatic rings. The van der Waals surface area contributed by atoms with Crippen molar-refractivity contribution in [3.63, 3.8) is 0 Å². The highest BCUT2D eigenvalue weighted by Crippen LogP contribution is 2.44. The molecule has 4 aromatic heterocycles. The van der Waals surface area contributed by atoms with Crippen LogP contribution in [0.1, 0.15) is 15.9 Å². The molecule has 0 saturated heterocycles. The molecule has 1 nitrogen and oxygen atoms in total. The molecule has 0 N–H and O–H groups in total. The maximum atomic E-state index is 12.6. The Labute approximate surface area is 277 Å². The molecule has 1 aliphatic carbocycles. The number of carbonyl (C=O) groups excluding carboxylic acids is 1. The van der Waals surface area contributed by atoms with Gasteiger partial charge in [-0.1, -0.05) is 78.6 Å². The van der Waals surface area contributed by atoms with Crippen LogP contribution in [0.5, 0.6) is 0 Å². The quantitative estimate of drug-likeness (QED) is 0.162. The predicted octanol–water partition coefficient (Wildman–Crippen LogP) is 10.2. The molecule has 0 bridgehead atoms. The van der Waals surface area contributed by atoms with Crippen LogP contribution >= 0.6 is 77.2 Å². The van der Waals surface area contributed by atoms with Gasteiger partial charge in [-0.05, 0) is 74.1 Å². The molecule has 5 rings (SSSR count). The number of hydrogen-bond donors (Lipinski definition) is 0. The fraction of sp³-hybridized carbons (Fsp3) is 0.414. The molecular weight excluding hydrogens is 765 g/mol. The lowest BCUT2D eigenvalue weighted by Gasteiger charge is -2.12. The number of ketones is 1. The number of fused-ring (bicyclic) bond motifs is 3. The van der Waals surface area contributed by atoms with Gasteiger partial charge in [-0.3, -0.25) is 4.79 Å². The minimum absolute atomic E-state index is 0.261. The van der Waals surface area contributed by atoms with Gasteiger partial charge in [0.25, 0.3) is 0 Å². The summed E-state index contributed by atoms with van der Waals surface area (Å²) in [6, 6.07) is 9.03. The molecule has 4 heterocycles. The molecule has 0 radical (unpaired) electrons. The van der Waals surface area contributed by atoms with Crippen molar-refractivity contribution in [3.8, 4) is 19.5 Å². The standard InChI is InChI=1S/C15H20OS2Si2.C14H20Br2S2Si2/c1-19(2,3)11-7-9-13(16)10-8-12(20(4,5)6)18-15(10)14(9)17-11;1-19(2,3)11-7-9(15)13(17-11)14-10(16)8-12(18-14)20(4,5)6/h2*7-8H,1-6H3. The van der Waals surface area contributed by atoms with E-state index >= 15 is 0 Å². The minimum atomic E-state index is -1.33. The van der Waals surface area contributed by atoms with Crippen LogP contribution in [-0.2, 0) is 0 Å². The monoisotopic (exact) mass is 802 g/mol. The molecule has 0 saturated carbocycles. The second kappa shape index (κ2) is 11.3. The zero-order valence-electron chi connectivity index (χ0n) is 25.6. The number of thiophene rings is 4. The lowest BCUT2D eigenvalue weighted by molar-refractivity contribution is 0.104. The van der Waals surface area contributed by atoms with Gasteiger partial charge < -0.3 is 0 Å². The molecule has 0 aromatic carbocycles. The summed E-state index contributed by atoms with van der Waals surface area (Å²) in [4.78, 5) is 17.9. The molecule has 0 aliphatic heterocycles. The summed E-state index contributed by atoms with van der Waals surface area (Å²) in [5.74, 6) is 0.261. The Balaban J connectivity index is 0.000000185. The van der Waals surface area contributed by atoms with E-state index in [1.54, 1.807) is 9.00 Å². The zero-order valence-corrected chi connectivity index (χ0v) is 36.0. The Hall–Kier alpha value is 0.298. The van der Waals surface area contributed by atoms with E-state index in [-0.39, 0.29) is 5.78 Å². The molecule has 1 aliphatic rings. The highest BCUT2D eigenvalue weighted by Gasteiger charge is 2.36. The molecule has 40 heavy (non-hydrogen) atoms. The van der Waals surface area contributed by atoms with Gasteiger partial charge in [-0.25, -0.2) is 0 Å². The van der Waals surface area contributed by atoms with Crippen LogP contribution in [0.4, 0.5) is 0 Å². The van der Waals surface area contributed by atoms with Gasteiger partial charge in [0.05, 0.1) is 51.8 Å². The van der Waals surface area contributed by atoms with Crippen molar-refractivity contribution in [2.24, 2.45) is 0 Å². The Morgan fingerprint density at radius 3 is 0.950 bits per heavy atom. The van der Waals surface area contributed by atoms with Crippen molar-refractivity contribution in [2.75, 3.05) is 0 Å². The fourth-order valence-corrected chi connectivity index (χ4v) is 18.6. The largest absolute Gasteiger partial charge is 0.289 e. The predicted molar refractivity (Wildman–Crippen MR) is 206 cm³/mol. The van der Waals surface area contributed by atoms with Gasteiger partial charge in [0.15, 0.2) is 5.78 Å². The number of halogens is 2. The van der Waals surface area contributed by atoms with Gasteiger partial charge in [0, 0.05) is 20.1 Å². The number of carbonyl (C=O) groups is 1. The van der Waals surface area contributed by atoms with Gasteiger partial charge in [0.1, 0.15) is 0 Å². The van der Waals surface area contributed by atoms with Crippen LogP contribution in [-0.4, -0.2) is 38.1 Å². The summed E-state index contributed by atoms with van der Waals surface area (Å²) in [7, 11) is -5.13. The highest BCUT2D eigenvalue weighted by molar-refractivity contribution is 9.11. The molecule has 0 fully saturated rings. The zero-order chi connectivity index (χ0) is 30.2. The second-order valence-corrected chi connectivity index (χ2v) is 42.1. The van der Waals surface area contributed by atoms with Crippen LogP contribution in [0, 0.1) is 0 Å². The van der Waals surface area contributed by atoms with Crippen molar-refractivity contribution >= 4 is 133 Å². The first-order valence-corrected chi connectivity index (χ1v) is 32.4. The van der Waals surface area contributed by atoms with E-state index in [9.17, 15) is 4.79 Å². The van der Waals surface area contributed by atoms with Crippen LogP contribution in [0.2, 0.25) is 78.6 Å². The lowest BCUT2D eigenvalue weighted by Crippen LogP contribution is -2.35. The van der Waals surface area contributed by atoms with Gasteiger partial charge >= 0.3 is 0 Å². The van der Waals surface area contributed by atoms with Crippen molar-refractivity contribution in [2.45, 2.75) is 78.6 Å². The van der Waals surface area contributed by atoms with E-state index in [1.807, 2.05) is 45.3 Å². The Morgan fingerprint density at radius 1 is 0.450 bits per heavy atom. The van der Waals surface area contributed by atoms with Crippen molar-refractivity contribution in [1.29, 1.82) is 0 Å². The SMILES string of the molecule is C[Si](C)(C)c1cc(Br)c(-c2sc([Si](C)(C)C)cc2Br)s1.C[Si](C)(C)c1cc2c(s1)-c1sc([Si](C)(C)C)cc1C2=O. The summed E-state index contributed by atoms with van der Waals surface area (Å²) in [6.07, 6.45) is 0. The van der Waals surface area contributed by atoms with Gasteiger partial charge in [-0.15, -0.1) is 45.3 Å². The van der Waals surface area contributed by atoms with Crippen LogP contribution in [0.3, 0.4) is 0 Å². The smallest absolute Gasteiger partial charge is 0.196 e. The van der Waals surface area contributed by atoms with E-state index in [0.717, 1.165) is 11.1 Å². The first-order valence-electron chi connectivity index (χ1n) is 13.5. The fourth-order valence-electron chi connectivity index (χ4n) is 4.13. The van der Waals surface area contributed by atoms with Crippen molar-refractivity contribution < 1.29 is 4.79 Å². The molecule has 0 unspecified atom stereocenters. The van der Waals surface area contributed by atoms with Crippen LogP contribution in [0.15, 0.2) is 33.2 Å². The Morgan fingerprint density at radius 2 is 0.700 bits per heavy atom. The molecule has 0 amide bonds. The lowest BCUT2D eigenvalue weighted by atomic mass is 10.2. The topological polar surface area (TPSA) is 17.1 Å². The first-order chi connectivity index (χ1) is 18.1. The van der Waals surface area contributed by atoms with E-state index < -0.39 is 32.3 Å².